The summed E-state index contributed by atoms with van der Waals surface area (Å²) in [5.41, 5.74) is 1.39. The van der Waals surface area contributed by atoms with E-state index in [4.69, 9.17) is 4.74 Å². The van der Waals surface area contributed by atoms with Crippen molar-refractivity contribution in [3.05, 3.63) is 58.1 Å². The first-order valence-corrected chi connectivity index (χ1v) is 7.69. The average Bonchev–Trinajstić information content (AvgIpc) is 2.46. The van der Waals surface area contributed by atoms with Crippen LogP contribution in [0, 0.1) is 0 Å². The van der Waals surface area contributed by atoms with Crippen LogP contribution < -0.4 is 4.74 Å². The van der Waals surface area contributed by atoms with Gasteiger partial charge in [0.25, 0.3) is 0 Å². The summed E-state index contributed by atoms with van der Waals surface area (Å²) in [4.78, 5) is 11.3. The van der Waals surface area contributed by atoms with Gasteiger partial charge in [-0.25, -0.2) is 4.79 Å². The van der Waals surface area contributed by atoms with Gasteiger partial charge in [0, 0.05) is 4.47 Å². The van der Waals surface area contributed by atoms with E-state index in [1.165, 1.54) is 5.56 Å². The third-order valence-corrected chi connectivity index (χ3v) is 3.82. The van der Waals surface area contributed by atoms with Gasteiger partial charge in [-0.05, 0) is 58.6 Å². The van der Waals surface area contributed by atoms with E-state index in [-0.39, 0.29) is 5.56 Å². The molecule has 2 aromatic carbocycles. The van der Waals surface area contributed by atoms with Crippen molar-refractivity contribution in [2.75, 3.05) is 0 Å². The molecule has 21 heavy (non-hydrogen) atoms. The molecule has 0 heterocycles. The highest BCUT2D eigenvalue weighted by atomic mass is 79.9. The van der Waals surface area contributed by atoms with E-state index in [9.17, 15) is 9.90 Å². The second-order valence-corrected chi connectivity index (χ2v) is 5.62. The van der Waals surface area contributed by atoms with Gasteiger partial charge >= 0.3 is 5.97 Å². The molecule has 0 unspecified atom stereocenters. The first-order valence-electron chi connectivity index (χ1n) is 6.90. The third kappa shape index (κ3) is 4.08. The lowest BCUT2D eigenvalue weighted by Gasteiger charge is -2.10. The number of carboxylic acid groups (broad SMARTS) is 1. The van der Waals surface area contributed by atoms with Crippen LogP contribution in [0.2, 0.25) is 0 Å². The molecular formula is C17H17BrO3. The molecule has 2 rings (SSSR count). The first kappa shape index (κ1) is 15.6. The van der Waals surface area contributed by atoms with Gasteiger partial charge in [-0.15, -0.1) is 0 Å². The van der Waals surface area contributed by atoms with Gasteiger partial charge in [0.1, 0.15) is 17.1 Å². The Balaban J connectivity index is 2.19. The zero-order valence-corrected chi connectivity index (χ0v) is 13.4. The van der Waals surface area contributed by atoms with Crippen LogP contribution >= 0.6 is 15.9 Å². The fraction of sp³-hybridized carbons (Fsp3) is 0.235. The summed E-state index contributed by atoms with van der Waals surface area (Å²) >= 11 is 3.24. The number of hydrogen-bond acceptors (Lipinski definition) is 2. The Kier molecular flexibility index (Phi) is 5.39. The number of ether oxygens (including phenoxy) is 1. The topological polar surface area (TPSA) is 46.5 Å². The molecule has 0 saturated heterocycles. The number of unbranched alkanes of at least 4 members (excludes halogenated alkanes) is 1. The van der Waals surface area contributed by atoms with E-state index >= 15 is 0 Å². The highest BCUT2D eigenvalue weighted by Crippen LogP contribution is 2.30. The largest absolute Gasteiger partial charge is 0.478 e. The Morgan fingerprint density at radius 1 is 1.19 bits per heavy atom. The fourth-order valence-electron chi connectivity index (χ4n) is 2.03. The predicted octanol–water partition coefficient (Wildman–Crippen LogP) is 5.28. The number of carboxylic acids is 1. The summed E-state index contributed by atoms with van der Waals surface area (Å²) in [7, 11) is 0. The van der Waals surface area contributed by atoms with Crippen LogP contribution in [-0.4, -0.2) is 11.1 Å². The Labute approximate surface area is 132 Å². The van der Waals surface area contributed by atoms with Gasteiger partial charge in [-0.2, -0.15) is 0 Å². The van der Waals surface area contributed by atoms with E-state index in [2.05, 4.69) is 22.9 Å². The first-order chi connectivity index (χ1) is 10.1. The van der Waals surface area contributed by atoms with Crippen molar-refractivity contribution in [2.45, 2.75) is 26.2 Å². The molecule has 0 aliphatic rings. The minimum atomic E-state index is -1.02. The minimum absolute atomic E-state index is 0.132. The average molecular weight is 349 g/mol. The maximum atomic E-state index is 11.3. The summed E-state index contributed by atoms with van der Waals surface area (Å²) < 4.78 is 6.21. The molecule has 2 aromatic rings. The van der Waals surface area contributed by atoms with Crippen molar-refractivity contribution in [1.82, 2.24) is 0 Å². The van der Waals surface area contributed by atoms with Crippen LogP contribution in [0.5, 0.6) is 11.5 Å². The van der Waals surface area contributed by atoms with E-state index < -0.39 is 5.97 Å². The van der Waals surface area contributed by atoms with Gasteiger partial charge < -0.3 is 9.84 Å². The summed E-state index contributed by atoms with van der Waals surface area (Å²) in [6.07, 6.45) is 3.38. The molecule has 0 spiro atoms. The molecule has 0 amide bonds. The molecule has 0 saturated carbocycles. The second-order valence-electron chi connectivity index (χ2n) is 4.77. The summed E-state index contributed by atoms with van der Waals surface area (Å²) in [5.74, 6) is -0.0499. The Morgan fingerprint density at radius 3 is 2.52 bits per heavy atom. The van der Waals surface area contributed by atoms with Crippen LogP contribution in [0.15, 0.2) is 46.9 Å². The lowest BCUT2D eigenvalue weighted by molar-refractivity contribution is 0.0693. The normalized spacial score (nSPS) is 10.4. The fourth-order valence-corrected chi connectivity index (χ4v) is 2.55. The zero-order chi connectivity index (χ0) is 15.2. The number of aryl methyl sites for hydroxylation is 1. The SMILES string of the molecule is CCCCc1ccc(Oc2cccc(Br)c2C(=O)O)cc1. The van der Waals surface area contributed by atoms with Crippen molar-refractivity contribution in [1.29, 1.82) is 0 Å². The van der Waals surface area contributed by atoms with Crippen LogP contribution in [0.25, 0.3) is 0 Å². The molecule has 0 fully saturated rings. The molecule has 0 radical (unpaired) electrons. The standard InChI is InChI=1S/C17H17BrO3/c1-2-3-5-12-8-10-13(11-9-12)21-15-7-4-6-14(18)16(15)17(19)20/h4,6-11H,2-3,5H2,1H3,(H,19,20). The minimum Gasteiger partial charge on any atom is -0.478 e. The summed E-state index contributed by atoms with van der Waals surface area (Å²) in [6, 6.07) is 12.9. The number of carbonyl (C=O) groups is 1. The Morgan fingerprint density at radius 2 is 1.90 bits per heavy atom. The van der Waals surface area contributed by atoms with E-state index in [0.29, 0.717) is 16.0 Å². The number of aromatic carboxylic acids is 1. The van der Waals surface area contributed by atoms with E-state index in [0.717, 1.165) is 19.3 Å². The van der Waals surface area contributed by atoms with Gasteiger partial charge in [0.2, 0.25) is 0 Å². The maximum absolute atomic E-state index is 11.3. The third-order valence-electron chi connectivity index (χ3n) is 3.16. The van der Waals surface area contributed by atoms with Crippen molar-refractivity contribution in [3.8, 4) is 11.5 Å². The summed E-state index contributed by atoms with van der Waals surface area (Å²) in [5, 5.41) is 9.26. The van der Waals surface area contributed by atoms with Gasteiger partial charge in [-0.1, -0.05) is 31.5 Å². The highest BCUT2D eigenvalue weighted by molar-refractivity contribution is 9.10. The molecule has 0 aliphatic heterocycles. The molecule has 3 nitrogen and oxygen atoms in total. The smallest absolute Gasteiger partial charge is 0.340 e. The van der Waals surface area contributed by atoms with Crippen molar-refractivity contribution < 1.29 is 14.6 Å². The lowest BCUT2D eigenvalue weighted by atomic mass is 10.1. The molecule has 0 aromatic heterocycles. The van der Waals surface area contributed by atoms with Crippen molar-refractivity contribution >= 4 is 21.9 Å². The Hall–Kier alpha value is -1.81. The van der Waals surface area contributed by atoms with Crippen LogP contribution in [0.3, 0.4) is 0 Å². The highest BCUT2D eigenvalue weighted by Gasteiger charge is 2.15. The number of rotatable bonds is 6. The van der Waals surface area contributed by atoms with Crippen molar-refractivity contribution in [2.24, 2.45) is 0 Å². The van der Waals surface area contributed by atoms with E-state index in [1.54, 1.807) is 18.2 Å². The van der Waals surface area contributed by atoms with Crippen molar-refractivity contribution in [3.63, 3.8) is 0 Å². The number of hydrogen-bond donors (Lipinski definition) is 1. The van der Waals surface area contributed by atoms with Gasteiger partial charge in [-0.3, -0.25) is 0 Å². The molecule has 0 aliphatic carbocycles. The van der Waals surface area contributed by atoms with Crippen LogP contribution in [-0.2, 0) is 6.42 Å². The number of halogens is 1. The monoisotopic (exact) mass is 348 g/mol. The molecule has 0 atom stereocenters. The van der Waals surface area contributed by atoms with Gasteiger partial charge in [0.15, 0.2) is 0 Å². The molecular weight excluding hydrogens is 332 g/mol. The summed E-state index contributed by atoms with van der Waals surface area (Å²) in [6.45, 7) is 2.16. The lowest BCUT2D eigenvalue weighted by Crippen LogP contribution is -2.01. The quantitative estimate of drug-likeness (QED) is 0.772. The molecule has 4 heteroatoms. The van der Waals surface area contributed by atoms with Crippen LogP contribution in [0.4, 0.5) is 0 Å². The predicted molar refractivity (Wildman–Crippen MR) is 86.2 cm³/mol. The van der Waals surface area contributed by atoms with E-state index in [1.807, 2.05) is 24.3 Å². The molecule has 1 N–H and O–H groups in total. The molecule has 110 valence electrons. The zero-order valence-electron chi connectivity index (χ0n) is 11.8. The van der Waals surface area contributed by atoms with Crippen LogP contribution in [0.1, 0.15) is 35.7 Å². The molecule has 0 bridgehead atoms. The van der Waals surface area contributed by atoms with Gasteiger partial charge in [0.05, 0.1) is 0 Å². The second kappa shape index (κ2) is 7.27. The number of benzene rings is 2. The Bertz CT molecular complexity index is 620. The maximum Gasteiger partial charge on any atom is 0.340 e.